The standard InChI is InChI=1S/C26H31Cl2N5O4/c1-2-37-24(35)15-22(18-11-19(27)14-20(28)12-18)32-23(34)16-30-25(36)17-7-6-8-21(13-17)31-26(29)33-9-4-3-5-10-33/h6-8,11-14,22H,2-5,9-10,15-16H2,1H3,(H2,29,31)(H,30,36)(H,32,34). The number of guanidine groups is 1. The predicted molar refractivity (Wildman–Crippen MR) is 144 cm³/mol. The molecule has 1 unspecified atom stereocenters. The number of hydrogen-bond donors (Lipinski definition) is 4. The van der Waals surface area contributed by atoms with Crippen molar-refractivity contribution >= 4 is 52.6 Å². The van der Waals surface area contributed by atoms with E-state index in [4.69, 9.17) is 33.3 Å². The van der Waals surface area contributed by atoms with Crippen LogP contribution in [0.5, 0.6) is 0 Å². The number of amides is 2. The Morgan fingerprint density at radius 2 is 1.76 bits per heavy atom. The third-order valence-corrected chi connectivity index (χ3v) is 6.20. The first-order valence-corrected chi connectivity index (χ1v) is 12.9. The van der Waals surface area contributed by atoms with Crippen LogP contribution in [0.4, 0.5) is 5.69 Å². The number of hydrogen-bond acceptors (Lipinski definition) is 5. The normalized spacial score (nSPS) is 13.9. The summed E-state index contributed by atoms with van der Waals surface area (Å²) in [6.45, 7) is 3.25. The molecule has 0 bridgehead atoms. The van der Waals surface area contributed by atoms with Crippen LogP contribution in [-0.2, 0) is 14.3 Å². The van der Waals surface area contributed by atoms with E-state index in [2.05, 4.69) is 16.0 Å². The molecule has 2 aromatic rings. The smallest absolute Gasteiger partial charge is 0.308 e. The van der Waals surface area contributed by atoms with Crippen LogP contribution in [0.15, 0.2) is 42.5 Å². The monoisotopic (exact) mass is 547 g/mol. The molecule has 0 aliphatic carbocycles. The van der Waals surface area contributed by atoms with Crippen LogP contribution in [0.2, 0.25) is 10.0 Å². The second-order valence-corrected chi connectivity index (χ2v) is 9.49. The molecule has 4 N–H and O–H groups in total. The van der Waals surface area contributed by atoms with Crippen LogP contribution >= 0.6 is 23.2 Å². The summed E-state index contributed by atoms with van der Waals surface area (Å²) in [5.74, 6) is -1.14. The molecule has 0 spiro atoms. The number of esters is 1. The van der Waals surface area contributed by atoms with Crippen molar-refractivity contribution in [3.8, 4) is 0 Å². The summed E-state index contributed by atoms with van der Waals surface area (Å²) in [5, 5.41) is 17.4. The largest absolute Gasteiger partial charge is 0.466 e. The molecule has 37 heavy (non-hydrogen) atoms. The van der Waals surface area contributed by atoms with Crippen LogP contribution in [0.25, 0.3) is 0 Å². The summed E-state index contributed by atoms with van der Waals surface area (Å²) < 4.78 is 5.02. The third kappa shape index (κ3) is 8.94. The Balaban J connectivity index is 1.59. The number of carbonyl (C=O) groups is 3. The average molecular weight is 548 g/mol. The Labute approximate surface area is 226 Å². The van der Waals surface area contributed by atoms with Crippen molar-refractivity contribution in [3.05, 3.63) is 63.6 Å². The van der Waals surface area contributed by atoms with Gasteiger partial charge < -0.3 is 25.6 Å². The molecular weight excluding hydrogens is 517 g/mol. The number of nitrogens with zero attached hydrogens (tertiary/aromatic N) is 1. The van der Waals surface area contributed by atoms with Gasteiger partial charge in [0.25, 0.3) is 5.91 Å². The fraction of sp³-hybridized carbons (Fsp3) is 0.385. The van der Waals surface area contributed by atoms with Gasteiger partial charge in [0.1, 0.15) is 0 Å². The fourth-order valence-corrected chi connectivity index (χ4v) is 4.54. The first-order valence-electron chi connectivity index (χ1n) is 12.1. The van der Waals surface area contributed by atoms with Gasteiger partial charge in [-0.2, -0.15) is 0 Å². The molecule has 1 atom stereocenters. The van der Waals surface area contributed by atoms with Crippen LogP contribution < -0.4 is 16.0 Å². The lowest BCUT2D eigenvalue weighted by Gasteiger charge is -2.29. The van der Waals surface area contributed by atoms with E-state index in [1.54, 1.807) is 49.4 Å². The van der Waals surface area contributed by atoms with Gasteiger partial charge in [0.05, 0.1) is 25.6 Å². The minimum atomic E-state index is -0.743. The van der Waals surface area contributed by atoms with Crippen molar-refractivity contribution in [1.29, 1.82) is 5.41 Å². The highest BCUT2D eigenvalue weighted by atomic mass is 35.5. The molecule has 1 heterocycles. The first-order chi connectivity index (χ1) is 17.7. The number of likely N-dealkylation sites (tertiary alicyclic amines) is 1. The Hall–Kier alpha value is -3.30. The summed E-state index contributed by atoms with van der Waals surface area (Å²) in [5.41, 5.74) is 1.49. The summed E-state index contributed by atoms with van der Waals surface area (Å²) >= 11 is 12.2. The molecule has 0 radical (unpaired) electrons. The van der Waals surface area contributed by atoms with E-state index in [1.165, 1.54) is 6.42 Å². The molecule has 11 heteroatoms. The summed E-state index contributed by atoms with van der Waals surface area (Å²) in [4.78, 5) is 39.5. The molecule has 198 valence electrons. The van der Waals surface area contributed by atoms with Crippen molar-refractivity contribution < 1.29 is 19.1 Å². The minimum absolute atomic E-state index is 0.124. The number of ether oxygens (including phenoxy) is 1. The molecule has 1 aliphatic heterocycles. The maximum absolute atomic E-state index is 12.7. The van der Waals surface area contributed by atoms with Gasteiger partial charge >= 0.3 is 5.97 Å². The zero-order valence-corrected chi connectivity index (χ0v) is 22.1. The van der Waals surface area contributed by atoms with E-state index >= 15 is 0 Å². The number of nitrogens with one attached hydrogen (secondary N) is 4. The number of benzene rings is 2. The number of halogens is 2. The van der Waals surface area contributed by atoms with Crippen LogP contribution in [0, 0.1) is 5.41 Å². The van der Waals surface area contributed by atoms with E-state index in [-0.39, 0.29) is 19.6 Å². The summed E-state index contributed by atoms with van der Waals surface area (Å²) in [6, 6.07) is 10.8. The molecule has 1 saturated heterocycles. The van der Waals surface area contributed by atoms with Gasteiger partial charge in [0.2, 0.25) is 5.91 Å². The zero-order valence-electron chi connectivity index (χ0n) is 20.6. The van der Waals surface area contributed by atoms with Gasteiger partial charge in [-0.05, 0) is 68.1 Å². The molecule has 1 aliphatic rings. The van der Waals surface area contributed by atoms with E-state index in [9.17, 15) is 14.4 Å². The predicted octanol–water partition coefficient (Wildman–Crippen LogP) is 4.37. The highest BCUT2D eigenvalue weighted by Gasteiger charge is 2.21. The highest BCUT2D eigenvalue weighted by Crippen LogP contribution is 2.26. The Kier molecular flexibility index (Phi) is 10.6. The van der Waals surface area contributed by atoms with Gasteiger partial charge in [0, 0.05) is 34.4 Å². The minimum Gasteiger partial charge on any atom is -0.466 e. The Morgan fingerprint density at radius 3 is 2.43 bits per heavy atom. The Morgan fingerprint density at radius 1 is 1.05 bits per heavy atom. The lowest BCUT2D eigenvalue weighted by atomic mass is 10.0. The van der Waals surface area contributed by atoms with Crippen LogP contribution in [-0.4, -0.2) is 54.9 Å². The van der Waals surface area contributed by atoms with Crippen molar-refractivity contribution in [1.82, 2.24) is 15.5 Å². The molecule has 1 fully saturated rings. The summed E-state index contributed by atoms with van der Waals surface area (Å²) in [6.07, 6.45) is 3.16. The lowest BCUT2D eigenvalue weighted by molar-refractivity contribution is -0.143. The number of carbonyl (C=O) groups excluding carboxylic acids is 3. The lowest BCUT2D eigenvalue weighted by Crippen LogP contribution is -2.40. The molecule has 9 nitrogen and oxygen atoms in total. The Bertz CT molecular complexity index is 1120. The van der Waals surface area contributed by atoms with Gasteiger partial charge in [-0.1, -0.05) is 29.3 Å². The van der Waals surface area contributed by atoms with E-state index < -0.39 is 23.8 Å². The topological polar surface area (TPSA) is 124 Å². The molecule has 0 saturated carbocycles. The van der Waals surface area contributed by atoms with Crippen molar-refractivity contribution in [2.75, 3.05) is 31.6 Å². The first kappa shape index (κ1) is 28.3. The highest BCUT2D eigenvalue weighted by molar-refractivity contribution is 6.34. The van der Waals surface area contributed by atoms with Gasteiger partial charge in [-0.3, -0.25) is 19.8 Å². The number of rotatable bonds is 9. The molecule has 2 amide bonds. The van der Waals surface area contributed by atoms with E-state index in [0.29, 0.717) is 32.8 Å². The third-order valence-electron chi connectivity index (χ3n) is 5.77. The quantitative estimate of drug-likeness (QED) is 0.210. The maximum atomic E-state index is 12.7. The molecular formula is C26H31Cl2N5O4. The summed E-state index contributed by atoms with van der Waals surface area (Å²) in [7, 11) is 0. The van der Waals surface area contributed by atoms with Crippen LogP contribution in [0.3, 0.4) is 0 Å². The fourth-order valence-electron chi connectivity index (χ4n) is 3.99. The second kappa shape index (κ2) is 13.9. The SMILES string of the molecule is CCOC(=O)CC(NC(=O)CNC(=O)c1cccc(NC(=N)N2CCCCC2)c1)c1cc(Cl)cc(Cl)c1. The van der Waals surface area contributed by atoms with E-state index in [0.717, 1.165) is 25.9 Å². The molecule has 3 rings (SSSR count). The maximum Gasteiger partial charge on any atom is 0.308 e. The zero-order chi connectivity index (χ0) is 26.8. The van der Waals surface area contributed by atoms with Gasteiger partial charge in [-0.25, -0.2) is 0 Å². The van der Waals surface area contributed by atoms with Crippen LogP contribution in [0.1, 0.15) is 54.6 Å². The van der Waals surface area contributed by atoms with Crippen molar-refractivity contribution in [3.63, 3.8) is 0 Å². The van der Waals surface area contributed by atoms with Crippen molar-refractivity contribution in [2.45, 2.75) is 38.6 Å². The van der Waals surface area contributed by atoms with Crippen molar-refractivity contribution in [2.24, 2.45) is 0 Å². The average Bonchev–Trinajstić information content (AvgIpc) is 2.87. The second-order valence-electron chi connectivity index (χ2n) is 8.62. The van der Waals surface area contributed by atoms with Gasteiger partial charge in [-0.15, -0.1) is 0 Å². The van der Waals surface area contributed by atoms with E-state index in [1.807, 2.05) is 4.90 Å². The van der Waals surface area contributed by atoms with Gasteiger partial charge in [0.15, 0.2) is 5.96 Å². The number of piperidine rings is 1. The molecule has 0 aromatic heterocycles. The molecule has 2 aromatic carbocycles. The number of anilines is 1.